The summed E-state index contributed by atoms with van der Waals surface area (Å²) in [5, 5.41) is 22.9. The molecule has 0 saturated carbocycles. The van der Waals surface area contributed by atoms with E-state index in [1.54, 1.807) is 6.08 Å². The quantitative estimate of drug-likeness (QED) is 0.0513. The molecule has 0 radical (unpaired) electrons. The van der Waals surface area contributed by atoms with Crippen molar-refractivity contribution >= 4 is 5.91 Å². The van der Waals surface area contributed by atoms with Gasteiger partial charge < -0.3 is 15.5 Å². The zero-order valence-corrected chi connectivity index (χ0v) is 28.5. The van der Waals surface area contributed by atoms with Crippen LogP contribution in [0.1, 0.15) is 206 Å². The van der Waals surface area contributed by atoms with E-state index in [9.17, 15) is 15.0 Å². The average molecular weight is 594 g/mol. The van der Waals surface area contributed by atoms with E-state index in [1.807, 2.05) is 6.08 Å². The smallest absolute Gasteiger partial charge is 0.220 e. The third-order valence-electron chi connectivity index (χ3n) is 8.77. The van der Waals surface area contributed by atoms with Crippen molar-refractivity contribution in [2.24, 2.45) is 0 Å². The Balaban J connectivity index is 3.57. The minimum Gasteiger partial charge on any atom is -0.394 e. The number of nitrogens with one attached hydrogen (secondary N) is 1. The molecule has 4 nitrogen and oxygen atoms in total. The lowest BCUT2D eigenvalue weighted by Crippen LogP contribution is -2.45. The second-order valence-electron chi connectivity index (χ2n) is 13.0. The van der Waals surface area contributed by atoms with E-state index >= 15 is 0 Å². The lowest BCUT2D eigenvalue weighted by atomic mass is 10.0. The third-order valence-corrected chi connectivity index (χ3v) is 8.77. The molecular formula is C38H75NO3. The van der Waals surface area contributed by atoms with Crippen LogP contribution in [0.2, 0.25) is 0 Å². The van der Waals surface area contributed by atoms with Crippen LogP contribution in [0.5, 0.6) is 0 Å². The van der Waals surface area contributed by atoms with Gasteiger partial charge in [-0.2, -0.15) is 0 Å². The molecule has 0 saturated heterocycles. The van der Waals surface area contributed by atoms with Gasteiger partial charge in [0.1, 0.15) is 0 Å². The summed E-state index contributed by atoms with van der Waals surface area (Å²) in [5.74, 6) is -0.0622. The van der Waals surface area contributed by atoms with Gasteiger partial charge in [-0.25, -0.2) is 0 Å². The Morgan fingerprint density at radius 1 is 0.548 bits per heavy atom. The highest BCUT2D eigenvalue weighted by atomic mass is 16.3. The van der Waals surface area contributed by atoms with Crippen LogP contribution in [-0.2, 0) is 4.79 Å². The molecule has 4 heteroatoms. The van der Waals surface area contributed by atoms with Crippen LogP contribution >= 0.6 is 0 Å². The largest absolute Gasteiger partial charge is 0.394 e. The van der Waals surface area contributed by atoms with Crippen molar-refractivity contribution < 1.29 is 15.0 Å². The Hall–Kier alpha value is -0.870. The number of allylic oxidation sites excluding steroid dienone is 1. The number of rotatable bonds is 34. The van der Waals surface area contributed by atoms with Gasteiger partial charge in [-0.3, -0.25) is 4.79 Å². The number of aliphatic hydroxyl groups excluding tert-OH is 2. The predicted molar refractivity (Wildman–Crippen MR) is 184 cm³/mol. The van der Waals surface area contributed by atoms with E-state index in [0.29, 0.717) is 6.42 Å². The monoisotopic (exact) mass is 594 g/mol. The van der Waals surface area contributed by atoms with E-state index < -0.39 is 12.1 Å². The number of hydrogen-bond acceptors (Lipinski definition) is 3. The fourth-order valence-corrected chi connectivity index (χ4v) is 5.82. The fraction of sp³-hybridized carbons (Fsp3) is 0.921. The fourth-order valence-electron chi connectivity index (χ4n) is 5.82. The Kier molecular flexibility index (Phi) is 33.9. The molecule has 0 rings (SSSR count). The van der Waals surface area contributed by atoms with Gasteiger partial charge in [0.05, 0.1) is 18.8 Å². The van der Waals surface area contributed by atoms with Gasteiger partial charge in [-0.05, 0) is 19.3 Å². The van der Waals surface area contributed by atoms with E-state index in [2.05, 4.69) is 19.2 Å². The summed E-state index contributed by atoms with van der Waals surface area (Å²) in [5.41, 5.74) is 0. The van der Waals surface area contributed by atoms with Gasteiger partial charge in [-0.15, -0.1) is 0 Å². The molecule has 0 aliphatic heterocycles. The number of hydrogen-bond donors (Lipinski definition) is 3. The minimum absolute atomic E-state index is 0.0622. The number of aliphatic hydroxyl groups is 2. The molecule has 0 aromatic carbocycles. The lowest BCUT2D eigenvalue weighted by Gasteiger charge is -2.20. The molecule has 0 bridgehead atoms. The summed E-state index contributed by atoms with van der Waals surface area (Å²) >= 11 is 0. The highest BCUT2D eigenvalue weighted by Gasteiger charge is 2.17. The molecule has 0 aromatic rings. The van der Waals surface area contributed by atoms with Gasteiger partial charge in [0.2, 0.25) is 5.91 Å². The first-order valence-corrected chi connectivity index (χ1v) is 18.9. The lowest BCUT2D eigenvalue weighted by molar-refractivity contribution is -0.123. The summed E-state index contributed by atoms with van der Waals surface area (Å²) < 4.78 is 0. The SMILES string of the molecule is CCCCCCCCCCCCC/C=C/[C@@H](O)[C@H](CO)NC(=O)CCCCCCCCCCCCCCCCCCC. The van der Waals surface area contributed by atoms with Crippen molar-refractivity contribution in [2.75, 3.05) is 6.61 Å². The van der Waals surface area contributed by atoms with Gasteiger partial charge in [-0.1, -0.05) is 193 Å². The molecule has 1 amide bonds. The summed E-state index contributed by atoms with van der Waals surface area (Å²) in [4.78, 5) is 12.3. The Labute approximate surface area is 263 Å². The minimum atomic E-state index is -0.831. The van der Waals surface area contributed by atoms with Gasteiger partial charge in [0.15, 0.2) is 0 Å². The maximum atomic E-state index is 12.3. The van der Waals surface area contributed by atoms with Gasteiger partial charge in [0.25, 0.3) is 0 Å². The van der Waals surface area contributed by atoms with Crippen LogP contribution in [0, 0.1) is 0 Å². The standard InChI is InChI=1S/C38H75NO3/c1-3-5-7-9-11-13-15-17-18-19-20-22-24-26-28-30-32-34-38(42)39-36(35-40)37(41)33-31-29-27-25-23-21-16-14-12-10-8-6-4-2/h31,33,36-37,40-41H,3-30,32,34-35H2,1-2H3,(H,39,42)/b33-31+/t36-,37+/m0/s1. The van der Waals surface area contributed by atoms with E-state index in [-0.39, 0.29) is 12.5 Å². The molecule has 0 aromatic heterocycles. The summed E-state index contributed by atoms with van der Waals surface area (Å²) in [6, 6.07) is -0.614. The van der Waals surface area contributed by atoms with Crippen molar-refractivity contribution in [1.29, 1.82) is 0 Å². The highest BCUT2D eigenvalue weighted by Crippen LogP contribution is 2.15. The maximum absolute atomic E-state index is 12.3. The second kappa shape index (κ2) is 34.6. The number of carbonyl (C=O) groups is 1. The third kappa shape index (κ3) is 30.6. The van der Waals surface area contributed by atoms with Crippen molar-refractivity contribution in [3.05, 3.63) is 12.2 Å². The molecule has 0 fully saturated rings. The first-order chi connectivity index (χ1) is 20.7. The zero-order chi connectivity index (χ0) is 30.8. The van der Waals surface area contributed by atoms with Crippen LogP contribution in [0.15, 0.2) is 12.2 Å². The molecule has 0 spiro atoms. The molecular weight excluding hydrogens is 518 g/mol. The summed E-state index contributed by atoms with van der Waals surface area (Å²) in [6.07, 6.45) is 41.5. The maximum Gasteiger partial charge on any atom is 0.220 e. The molecule has 42 heavy (non-hydrogen) atoms. The van der Waals surface area contributed by atoms with Crippen LogP contribution < -0.4 is 5.32 Å². The van der Waals surface area contributed by atoms with Crippen LogP contribution in [0.25, 0.3) is 0 Å². The van der Waals surface area contributed by atoms with Crippen LogP contribution in [-0.4, -0.2) is 34.9 Å². The van der Waals surface area contributed by atoms with Gasteiger partial charge in [0, 0.05) is 6.42 Å². The first-order valence-electron chi connectivity index (χ1n) is 18.9. The number of unbranched alkanes of at least 4 members (excludes halogenated alkanes) is 27. The Morgan fingerprint density at radius 2 is 0.881 bits per heavy atom. The molecule has 2 atom stereocenters. The second-order valence-corrected chi connectivity index (χ2v) is 13.0. The van der Waals surface area contributed by atoms with Crippen molar-refractivity contribution in [3.63, 3.8) is 0 Å². The summed E-state index contributed by atoms with van der Waals surface area (Å²) in [6.45, 7) is 4.31. The van der Waals surface area contributed by atoms with Crippen LogP contribution in [0.3, 0.4) is 0 Å². The summed E-state index contributed by atoms with van der Waals surface area (Å²) in [7, 11) is 0. The number of amides is 1. The zero-order valence-electron chi connectivity index (χ0n) is 28.5. The van der Waals surface area contributed by atoms with E-state index in [1.165, 1.54) is 161 Å². The van der Waals surface area contributed by atoms with E-state index in [0.717, 1.165) is 25.7 Å². The molecule has 0 aliphatic carbocycles. The van der Waals surface area contributed by atoms with Crippen molar-refractivity contribution in [2.45, 2.75) is 219 Å². The molecule has 3 N–H and O–H groups in total. The molecule has 0 heterocycles. The van der Waals surface area contributed by atoms with Gasteiger partial charge >= 0.3 is 0 Å². The Morgan fingerprint density at radius 3 is 1.24 bits per heavy atom. The Bertz CT molecular complexity index is 565. The molecule has 0 aliphatic rings. The van der Waals surface area contributed by atoms with Crippen LogP contribution in [0.4, 0.5) is 0 Å². The average Bonchev–Trinajstić information content (AvgIpc) is 2.99. The highest BCUT2D eigenvalue weighted by molar-refractivity contribution is 5.76. The van der Waals surface area contributed by atoms with E-state index in [4.69, 9.17) is 0 Å². The normalized spacial score (nSPS) is 13.1. The first kappa shape index (κ1) is 41.1. The predicted octanol–water partition coefficient (Wildman–Crippen LogP) is 11.1. The molecule has 250 valence electrons. The molecule has 0 unspecified atom stereocenters. The number of carbonyl (C=O) groups excluding carboxylic acids is 1. The topological polar surface area (TPSA) is 69.6 Å². The van der Waals surface area contributed by atoms with Crippen molar-refractivity contribution in [3.8, 4) is 0 Å². The van der Waals surface area contributed by atoms with Crippen molar-refractivity contribution in [1.82, 2.24) is 5.32 Å².